The molecule has 0 spiro atoms. The Morgan fingerprint density at radius 3 is 2.37 bits per heavy atom. The van der Waals surface area contributed by atoms with Crippen LogP contribution in [0.4, 0.5) is 11.4 Å². The Bertz CT molecular complexity index is 1040. The Morgan fingerprint density at radius 2 is 1.77 bits per heavy atom. The fourth-order valence-electron chi connectivity index (χ4n) is 3.84. The molecule has 3 rings (SSSR count). The van der Waals surface area contributed by atoms with Crippen LogP contribution in [-0.4, -0.2) is 27.5 Å². The fourth-order valence-corrected chi connectivity index (χ4v) is 5.06. The Hall–Kier alpha value is -2.54. The van der Waals surface area contributed by atoms with E-state index < -0.39 is 10.0 Å². The molecule has 1 N–H and O–H groups in total. The number of aryl methyl sites for hydroxylation is 3. The third-order valence-corrected chi connectivity index (χ3v) is 6.47. The number of benzene rings is 2. The van der Waals surface area contributed by atoms with Crippen molar-refractivity contribution in [1.29, 1.82) is 0 Å². The lowest BCUT2D eigenvalue weighted by molar-refractivity contribution is -0.119. The summed E-state index contributed by atoms with van der Waals surface area (Å²) in [6.45, 7) is 10.9. The average Bonchev–Trinajstić information content (AvgIpc) is 2.66. The Balaban J connectivity index is 1.89. The Labute approximate surface area is 179 Å². The summed E-state index contributed by atoms with van der Waals surface area (Å²) in [4.78, 5) is 14.3. The number of ether oxygens (including phenoxy) is 1. The molecule has 1 aliphatic heterocycles. The summed E-state index contributed by atoms with van der Waals surface area (Å²) < 4.78 is 34.3. The van der Waals surface area contributed by atoms with Gasteiger partial charge < -0.3 is 9.64 Å². The molecule has 0 bridgehead atoms. The number of carbonyl (C=O) groups excluding carboxylic acids is 1. The van der Waals surface area contributed by atoms with Crippen LogP contribution in [0, 0.1) is 19.8 Å². The first-order valence-corrected chi connectivity index (χ1v) is 11.8. The van der Waals surface area contributed by atoms with Crippen molar-refractivity contribution in [2.45, 2.75) is 52.4 Å². The van der Waals surface area contributed by atoms with Crippen molar-refractivity contribution in [2.75, 3.05) is 22.8 Å². The van der Waals surface area contributed by atoms with Gasteiger partial charge in [-0.25, -0.2) is 8.42 Å². The SMILES string of the molecule is CCOc1c(C)cc(S(=O)(=O)Nc2ccc3c(c2)CCC(=O)N3CC(C)C)cc1C. The molecule has 0 radical (unpaired) electrons. The van der Waals surface area contributed by atoms with Crippen LogP contribution < -0.4 is 14.4 Å². The average molecular weight is 431 g/mol. The molecule has 162 valence electrons. The molecule has 1 aliphatic rings. The second kappa shape index (κ2) is 8.68. The zero-order valence-corrected chi connectivity index (χ0v) is 19.1. The van der Waals surface area contributed by atoms with Crippen molar-refractivity contribution < 1.29 is 17.9 Å². The molecule has 6 nitrogen and oxygen atoms in total. The van der Waals surface area contributed by atoms with E-state index >= 15 is 0 Å². The van der Waals surface area contributed by atoms with Gasteiger partial charge in [0.1, 0.15) is 5.75 Å². The lowest BCUT2D eigenvalue weighted by Crippen LogP contribution is -2.37. The minimum Gasteiger partial charge on any atom is -0.493 e. The maximum atomic E-state index is 13.0. The minimum atomic E-state index is -3.75. The van der Waals surface area contributed by atoms with E-state index in [1.165, 1.54) is 0 Å². The Kier molecular flexibility index (Phi) is 6.41. The van der Waals surface area contributed by atoms with E-state index in [9.17, 15) is 13.2 Å². The number of sulfonamides is 1. The number of carbonyl (C=O) groups is 1. The van der Waals surface area contributed by atoms with Gasteiger partial charge in [0.15, 0.2) is 0 Å². The molecule has 0 unspecified atom stereocenters. The molecule has 30 heavy (non-hydrogen) atoms. The topological polar surface area (TPSA) is 75.7 Å². The standard InChI is InChI=1S/C23H30N2O4S/c1-6-29-23-16(4)11-20(12-17(23)5)30(27,28)24-19-8-9-21-18(13-19)7-10-22(26)25(21)14-15(2)3/h8-9,11-13,15,24H,6-7,10,14H2,1-5H3. The largest absolute Gasteiger partial charge is 0.493 e. The molecule has 1 heterocycles. The number of hydrogen-bond acceptors (Lipinski definition) is 4. The number of fused-ring (bicyclic) bond motifs is 1. The highest BCUT2D eigenvalue weighted by Gasteiger charge is 2.25. The molecule has 1 amide bonds. The van der Waals surface area contributed by atoms with Crippen molar-refractivity contribution >= 4 is 27.3 Å². The van der Waals surface area contributed by atoms with Gasteiger partial charge in [-0.05, 0) is 80.1 Å². The molecular formula is C23H30N2O4S. The van der Waals surface area contributed by atoms with Crippen LogP contribution in [0.25, 0.3) is 0 Å². The zero-order chi connectivity index (χ0) is 22.1. The molecule has 0 aliphatic carbocycles. The highest BCUT2D eigenvalue weighted by atomic mass is 32.2. The molecule has 0 saturated carbocycles. The highest BCUT2D eigenvalue weighted by molar-refractivity contribution is 7.92. The Morgan fingerprint density at radius 1 is 1.10 bits per heavy atom. The predicted octanol–water partition coefficient (Wildman–Crippen LogP) is 4.44. The van der Waals surface area contributed by atoms with Gasteiger partial charge in [0.05, 0.1) is 11.5 Å². The third kappa shape index (κ3) is 4.61. The van der Waals surface area contributed by atoms with Crippen molar-refractivity contribution in [2.24, 2.45) is 5.92 Å². The van der Waals surface area contributed by atoms with Crippen molar-refractivity contribution in [3.63, 3.8) is 0 Å². The van der Waals surface area contributed by atoms with Gasteiger partial charge >= 0.3 is 0 Å². The predicted molar refractivity (Wildman–Crippen MR) is 120 cm³/mol. The lowest BCUT2D eigenvalue weighted by Gasteiger charge is -2.31. The second-order valence-corrected chi connectivity index (χ2v) is 9.85. The van der Waals surface area contributed by atoms with Gasteiger partial charge in [0.25, 0.3) is 10.0 Å². The first-order valence-electron chi connectivity index (χ1n) is 10.3. The van der Waals surface area contributed by atoms with E-state index in [4.69, 9.17) is 4.74 Å². The quantitative estimate of drug-likeness (QED) is 0.705. The van der Waals surface area contributed by atoms with Gasteiger partial charge in [0, 0.05) is 24.3 Å². The van der Waals surface area contributed by atoms with Crippen LogP contribution in [0.1, 0.15) is 43.9 Å². The number of rotatable bonds is 7. The van der Waals surface area contributed by atoms with E-state index in [1.54, 1.807) is 23.1 Å². The van der Waals surface area contributed by atoms with E-state index in [0.29, 0.717) is 37.6 Å². The van der Waals surface area contributed by atoms with Crippen LogP contribution in [0.5, 0.6) is 5.75 Å². The molecule has 0 fully saturated rings. The summed E-state index contributed by atoms with van der Waals surface area (Å²) in [5, 5.41) is 0. The summed E-state index contributed by atoms with van der Waals surface area (Å²) in [6.07, 6.45) is 1.05. The van der Waals surface area contributed by atoms with Crippen molar-refractivity contribution in [1.82, 2.24) is 0 Å². The van der Waals surface area contributed by atoms with E-state index in [2.05, 4.69) is 18.6 Å². The summed E-state index contributed by atoms with van der Waals surface area (Å²) in [6, 6.07) is 8.64. The normalized spacial score (nSPS) is 14.1. The molecule has 0 atom stereocenters. The van der Waals surface area contributed by atoms with Crippen LogP contribution >= 0.6 is 0 Å². The van der Waals surface area contributed by atoms with Gasteiger partial charge in [-0.15, -0.1) is 0 Å². The van der Waals surface area contributed by atoms with E-state index in [1.807, 2.05) is 32.9 Å². The first kappa shape index (κ1) is 22.2. The molecular weight excluding hydrogens is 400 g/mol. The number of hydrogen-bond donors (Lipinski definition) is 1. The fraction of sp³-hybridized carbons (Fsp3) is 0.435. The van der Waals surface area contributed by atoms with E-state index in [-0.39, 0.29) is 10.8 Å². The third-order valence-electron chi connectivity index (χ3n) is 5.11. The number of nitrogens with one attached hydrogen (secondary N) is 1. The van der Waals surface area contributed by atoms with Crippen molar-refractivity contribution in [3.05, 3.63) is 47.0 Å². The minimum absolute atomic E-state index is 0.116. The van der Waals surface area contributed by atoms with Crippen LogP contribution in [0.3, 0.4) is 0 Å². The summed E-state index contributed by atoms with van der Waals surface area (Å²) >= 11 is 0. The molecule has 0 saturated heterocycles. The number of anilines is 2. The second-order valence-electron chi connectivity index (χ2n) is 8.17. The van der Waals surface area contributed by atoms with Gasteiger partial charge in [-0.2, -0.15) is 0 Å². The van der Waals surface area contributed by atoms with Gasteiger partial charge in [-0.1, -0.05) is 13.8 Å². The van der Waals surface area contributed by atoms with Gasteiger partial charge in [-0.3, -0.25) is 9.52 Å². The van der Waals surface area contributed by atoms with Crippen LogP contribution in [-0.2, 0) is 21.2 Å². The molecule has 7 heteroatoms. The number of amides is 1. The maximum absolute atomic E-state index is 13.0. The molecule has 2 aromatic rings. The zero-order valence-electron chi connectivity index (χ0n) is 18.3. The summed E-state index contributed by atoms with van der Waals surface area (Å²) in [7, 11) is -3.75. The smallest absolute Gasteiger partial charge is 0.261 e. The summed E-state index contributed by atoms with van der Waals surface area (Å²) in [5.74, 6) is 1.19. The summed E-state index contributed by atoms with van der Waals surface area (Å²) in [5.41, 5.74) is 3.91. The van der Waals surface area contributed by atoms with Crippen LogP contribution in [0.2, 0.25) is 0 Å². The lowest BCUT2D eigenvalue weighted by atomic mass is 9.99. The monoisotopic (exact) mass is 430 g/mol. The van der Waals surface area contributed by atoms with E-state index in [0.717, 1.165) is 28.1 Å². The number of nitrogens with zero attached hydrogens (tertiary/aromatic N) is 1. The highest BCUT2D eigenvalue weighted by Crippen LogP contribution is 2.32. The van der Waals surface area contributed by atoms with Crippen LogP contribution in [0.15, 0.2) is 35.2 Å². The molecule has 0 aromatic heterocycles. The maximum Gasteiger partial charge on any atom is 0.261 e. The van der Waals surface area contributed by atoms with Gasteiger partial charge in [0.2, 0.25) is 5.91 Å². The molecule has 2 aromatic carbocycles. The van der Waals surface area contributed by atoms with Crippen molar-refractivity contribution in [3.8, 4) is 5.75 Å². The first-order chi connectivity index (χ1) is 14.1.